The molecule has 3 rings (SSSR count). The first-order valence-corrected chi connectivity index (χ1v) is 7.41. The van der Waals surface area contributed by atoms with Gasteiger partial charge < -0.3 is 9.67 Å². The number of fused-ring (bicyclic) bond motifs is 1. The van der Waals surface area contributed by atoms with E-state index in [4.69, 9.17) is 21.7 Å². The summed E-state index contributed by atoms with van der Waals surface area (Å²) in [6.45, 7) is 2.98. The van der Waals surface area contributed by atoms with Gasteiger partial charge >= 0.3 is 0 Å². The van der Waals surface area contributed by atoms with E-state index in [0.29, 0.717) is 11.4 Å². The van der Waals surface area contributed by atoms with Crippen LogP contribution in [0.15, 0.2) is 42.5 Å². The van der Waals surface area contributed by atoms with Crippen molar-refractivity contribution in [1.82, 2.24) is 9.55 Å². The van der Waals surface area contributed by atoms with Crippen LogP contribution in [0.25, 0.3) is 22.4 Å². The number of aryl methyl sites for hydroxylation is 2. The van der Waals surface area contributed by atoms with Crippen LogP contribution >= 0.6 is 11.6 Å². The van der Waals surface area contributed by atoms with Gasteiger partial charge in [0.05, 0.1) is 11.0 Å². The molecule has 3 nitrogen and oxygen atoms in total. The zero-order valence-corrected chi connectivity index (χ0v) is 12.6. The molecule has 1 heterocycles. The van der Waals surface area contributed by atoms with Crippen LogP contribution in [0, 0.1) is 6.92 Å². The summed E-state index contributed by atoms with van der Waals surface area (Å²) in [4.78, 5) is 4.75. The molecule has 0 bridgehead atoms. The van der Waals surface area contributed by atoms with Gasteiger partial charge in [0.25, 0.3) is 0 Å². The summed E-state index contributed by atoms with van der Waals surface area (Å²) in [5.41, 5.74) is 4.23. The van der Waals surface area contributed by atoms with Gasteiger partial charge in [-0.3, -0.25) is 0 Å². The number of aliphatic hydroxyl groups excluding tert-OH is 1. The third-order valence-corrected chi connectivity index (χ3v) is 3.87. The molecule has 4 heteroatoms. The Morgan fingerprint density at radius 2 is 2.00 bits per heavy atom. The van der Waals surface area contributed by atoms with Crippen molar-refractivity contribution in [2.75, 3.05) is 6.61 Å². The van der Waals surface area contributed by atoms with Gasteiger partial charge in [-0.15, -0.1) is 0 Å². The number of halogens is 1. The molecule has 0 saturated heterocycles. The highest BCUT2D eigenvalue weighted by Gasteiger charge is 2.14. The first kappa shape index (κ1) is 14.1. The Morgan fingerprint density at radius 1 is 1.19 bits per heavy atom. The third-order valence-electron chi connectivity index (χ3n) is 3.64. The van der Waals surface area contributed by atoms with Crippen molar-refractivity contribution in [2.45, 2.75) is 19.9 Å². The fraction of sp³-hybridized carbons (Fsp3) is 0.235. The van der Waals surface area contributed by atoms with Gasteiger partial charge in [0.1, 0.15) is 5.82 Å². The van der Waals surface area contributed by atoms with E-state index >= 15 is 0 Å². The van der Waals surface area contributed by atoms with Crippen LogP contribution in [0.4, 0.5) is 0 Å². The molecule has 108 valence electrons. The smallest absolute Gasteiger partial charge is 0.141 e. The molecule has 2 aromatic carbocycles. The SMILES string of the molecule is Cc1ccccc1-c1nc2cc(Cl)ccc2n1CCCO. The Morgan fingerprint density at radius 3 is 2.76 bits per heavy atom. The molecule has 0 fully saturated rings. The Kier molecular flexibility index (Phi) is 3.95. The van der Waals surface area contributed by atoms with E-state index in [2.05, 4.69) is 23.6 Å². The normalized spacial score (nSPS) is 11.2. The van der Waals surface area contributed by atoms with Crippen LogP contribution in [-0.2, 0) is 6.54 Å². The minimum atomic E-state index is 0.167. The number of aromatic nitrogens is 2. The van der Waals surface area contributed by atoms with E-state index in [1.54, 1.807) is 0 Å². The van der Waals surface area contributed by atoms with Crippen LogP contribution in [0.1, 0.15) is 12.0 Å². The highest BCUT2D eigenvalue weighted by molar-refractivity contribution is 6.31. The summed E-state index contributed by atoms with van der Waals surface area (Å²) in [5, 5.41) is 9.83. The number of benzene rings is 2. The van der Waals surface area contributed by atoms with Crippen LogP contribution < -0.4 is 0 Å². The zero-order valence-electron chi connectivity index (χ0n) is 11.9. The predicted octanol–water partition coefficient (Wildman–Crippen LogP) is 4.05. The van der Waals surface area contributed by atoms with Crippen molar-refractivity contribution < 1.29 is 5.11 Å². The third kappa shape index (κ3) is 2.67. The number of rotatable bonds is 4. The van der Waals surface area contributed by atoms with Gasteiger partial charge in [0, 0.05) is 23.7 Å². The van der Waals surface area contributed by atoms with Crippen LogP contribution in [0.2, 0.25) is 5.02 Å². The molecule has 0 aliphatic rings. The maximum atomic E-state index is 9.14. The number of nitrogens with zero attached hydrogens (tertiary/aromatic N) is 2. The van der Waals surface area contributed by atoms with Crippen LogP contribution in [-0.4, -0.2) is 21.3 Å². The first-order valence-electron chi connectivity index (χ1n) is 7.03. The molecule has 0 radical (unpaired) electrons. The maximum absolute atomic E-state index is 9.14. The quantitative estimate of drug-likeness (QED) is 0.789. The lowest BCUT2D eigenvalue weighted by atomic mass is 10.1. The molecular weight excluding hydrogens is 284 g/mol. The summed E-state index contributed by atoms with van der Waals surface area (Å²) in [5.74, 6) is 0.929. The van der Waals surface area contributed by atoms with Crippen LogP contribution in [0.3, 0.4) is 0 Å². The average Bonchev–Trinajstić information content (AvgIpc) is 2.83. The molecule has 0 aliphatic heterocycles. The van der Waals surface area contributed by atoms with Crippen molar-refractivity contribution in [3.63, 3.8) is 0 Å². The molecule has 1 N–H and O–H groups in total. The molecule has 21 heavy (non-hydrogen) atoms. The summed E-state index contributed by atoms with van der Waals surface area (Å²) in [6.07, 6.45) is 0.701. The average molecular weight is 301 g/mol. The lowest BCUT2D eigenvalue weighted by Gasteiger charge is -2.10. The predicted molar refractivity (Wildman–Crippen MR) is 86.6 cm³/mol. The number of aliphatic hydroxyl groups is 1. The second kappa shape index (κ2) is 5.88. The molecule has 1 aromatic heterocycles. The summed E-state index contributed by atoms with van der Waals surface area (Å²) in [7, 11) is 0. The van der Waals surface area contributed by atoms with E-state index in [1.807, 2.05) is 30.3 Å². The largest absolute Gasteiger partial charge is 0.396 e. The van der Waals surface area contributed by atoms with E-state index in [9.17, 15) is 0 Å². The van der Waals surface area contributed by atoms with Crippen LogP contribution in [0.5, 0.6) is 0 Å². The Labute approximate surface area is 128 Å². The minimum Gasteiger partial charge on any atom is -0.396 e. The second-order valence-corrected chi connectivity index (χ2v) is 5.55. The Bertz CT molecular complexity index is 780. The van der Waals surface area contributed by atoms with E-state index in [0.717, 1.165) is 29.0 Å². The lowest BCUT2D eigenvalue weighted by Crippen LogP contribution is -2.03. The Hall–Kier alpha value is -1.84. The lowest BCUT2D eigenvalue weighted by molar-refractivity contribution is 0.281. The number of imidazole rings is 1. The molecule has 0 amide bonds. The minimum absolute atomic E-state index is 0.167. The standard InChI is InChI=1S/C17H17ClN2O/c1-12-5-2-3-6-14(12)17-19-15-11-13(18)7-8-16(15)20(17)9-4-10-21/h2-3,5-8,11,21H,4,9-10H2,1H3. The van der Waals surface area contributed by atoms with Gasteiger partial charge in [-0.2, -0.15) is 0 Å². The summed E-state index contributed by atoms with van der Waals surface area (Å²) in [6, 6.07) is 14.0. The second-order valence-electron chi connectivity index (χ2n) is 5.11. The number of hydrogen-bond acceptors (Lipinski definition) is 2. The molecule has 3 aromatic rings. The van der Waals surface area contributed by atoms with Crippen molar-refractivity contribution in [2.24, 2.45) is 0 Å². The highest BCUT2D eigenvalue weighted by atomic mass is 35.5. The van der Waals surface area contributed by atoms with Gasteiger partial charge in [-0.25, -0.2) is 4.98 Å². The van der Waals surface area contributed by atoms with E-state index in [-0.39, 0.29) is 6.61 Å². The van der Waals surface area contributed by atoms with Crippen molar-refractivity contribution in [1.29, 1.82) is 0 Å². The van der Waals surface area contributed by atoms with Gasteiger partial charge in [0.15, 0.2) is 0 Å². The van der Waals surface area contributed by atoms with Gasteiger partial charge in [-0.1, -0.05) is 35.9 Å². The van der Waals surface area contributed by atoms with Gasteiger partial charge in [-0.05, 0) is 37.1 Å². The monoisotopic (exact) mass is 300 g/mol. The molecular formula is C17H17ClN2O. The first-order chi connectivity index (χ1) is 10.2. The number of hydrogen-bond donors (Lipinski definition) is 1. The fourth-order valence-corrected chi connectivity index (χ4v) is 2.75. The Balaban J connectivity index is 2.23. The molecule has 0 atom stereocenters. The molecule has 0 aliphatic carbocycles. The van der Waals surface area contributed by atoms with Crippen molar-refractivity contribution >= 4 is 22.6 Å². The van der Waals surface area contributed by atoms with E-state index < -0.39 is 0 Å². The molecule has 0 saturated carbocycles. The molecule has 0 spiro atoms. The fourth-order valence-electron chi connectivity index (χ4n) is 2.59. The zero-order chi connectivity index (χ0) is 14.8. The maximum Gasteiger partial charge on any atom is 0.141 e. The molecule has 0 unspecified atom stereocenters. The highest BCUT2D eigenvalue weighted by Crippen LogP contribution is 2.28. The van der Waals surface area contributed by atoms with Crippen molar-refractivity contribution in [3.05, 3.63) is 53.1 Å². The van der Waals surface area contributed by atoms with E-state index in [1.165, 1.54) is 5.56 Å². The summed E-state index contributed by atoms with van der Waals surface area (Å²) >= 11 is 6.07. The summed E-state index contributed by atoms with van der Waals surface area (Å²) < 4.78 is 2.16. The van der Waals surface area contributed by atoms with Crippen molar-refractivity contribution in [3.8, 4) is 11.4 Å². The van der Waals surface area contributed by atoms with Gasteiger partial charge in [0.2, 0.25) is 0 Å². The topological polar surface area (TPSA) is 38.0 Å².